The third-order valence-electron chi connectivity index (χ3n) is 4.00. The molecule has 0 bridgehead atoms. The molecule has 4 nitrogen and oxygen atoms in total. The Morgan fingerprint density at radius 1 is 0.900 bits per heavy atom. The van der Waals surface area contributed by atoms with Gasteiger partial charge in [-0.3, -0.25) is 9.59 Å². The van der Waals surface area contributed by atoms with Crippen molar-refractivity contribution in [2.75, 3.05) is 0 Å². The SMILES string of the molecule is CC(C)(C)C(C)(CC(S)CC(=O)O)CC(S)CC(=O)O. The first-order chi connectivity index (χ1) is 8.87. The van der Waals surface area contributed by atoms with Gasteiger partial charge in [-0.1, -0.05) is 27.7 Å². The quantitative estimate of drug-likeness (QED) is 0.517. The predicted octanol–water partition coefficient (Wildman–Crippen LogP) is 3.37. The summed E-state index contributed by atoms with van der Waals surface area (Å²) >= 11 is 8.73. The van der Waals surface area contributed by atoms with Crippen LogP contribution in [-0.2, 0) is 9.59 Å². The molecule has 20 heavy (non-hydrogen) atoms. The molecular formula is C14H26O4S2. The Morgan fingerprint density at radius 2 is 1.20 bits per heavy atom. The van der Waals surface area contributed by atoms with Gasteiger partial charge in [-0.2, -0.15) is 25.3 Å². The summed E-state index contributed by atoms with van der Waals surface area (Å²) in [6, 6.07) is 0. The van der Waals surface area contributed by atoms with Gasteiger partial charge in [0.1, 0.15) is 0 Å². The molecule has 6 heteroatoms. The highest BCUT2D eigenvalue weighted by molar-refractivity contribution is 7.81. The molecule has 0 fully saturated rings. The minimum absolute atomic E-state index is 0.00491. The van der Waals surface area contributed by atoms with Gasteiger partial charge >= 0.3 is 11.9 Å². The Morgan fingerprint density at radius 3 is 1.40 bits per heavy atom. The first kappa shape index (κ1) is 19.6. The van der Waals surface area contributed by atoms with Gasteiger partial charge in [0.25, 0.3) is 0 Å². The largest absolute Gasteiger partial charge is 0.481 e. The lowest BCUT2D eigenvalue weighted by Crippen LogP contribution is -2.38. The van der Waals surface area contributed by atoms with Gasteiger partial charge in [-0.05, 0) is 23.7 Å². The van der Waals surface area contributed by atoms with Gasteiger partial charge in [-0.25, -0.2) is 0 Å². The molecule has 0 radical (unpaired) electrons. The van der Waals surface area contributed by atoms with Crippen LogP contribution in [0.4, 0.5) is 0 Å². The zero-order chi connectivity index (χ0) is 16.1. The number of thiol groups is 2. The highest BCUT2D eigenvalue weighted by Crippen LogP contribution is 2.47. The van der Waals surface area contributed by atoms with Crippen molar-refractivity contribution in [3.63, 3.8) is 0 Å². The number of carboxylic acid groups (broad SMARTS) is 2. The molecule has 2 atom stereocenters. The third-order valence-corrected chi connectivity index (χ3v) is 4.73. The van der Waals surface area contributed by atoms with Crippen LogP contribution in [0.5, 0.6) is 0 Å². The molecule has 0 spiro atoms. The van der Waals surface area contributed by atoms with Crippen molar-refractivity contribution in [3.8, 4) is 0 Å². The van der Waals surface area contributed by atoms with E-state index in [4.69, 9.17) is 10.2 Å². The zero-order valence-electron chi connectivity index (χ0n) is 12.6. The van der Waals surface area contributed by atoms with E-state index >= 15 is 0 Å². The third kappa shape index (κ3) is 6.88. The Bertz CT molecular complexity index is 326. The maximum absolute atomic E-state index is 10.8. The van der Waals surface area contributed by atoms with Crippen LogP contribution >= 0.6 is 25.3 Å². The maximum atomic E-state index is 10.8. The van der Waals surface area contributed by atoms with E-state index in [1.54, 1.807) is 0 Å². The predicted molar refractivity (Wildman–Crippen MR) is 86.8 cm³/mol. The highest BCUT2D eigenvalue weighted by Gasteiger charge is 2.40. The first-order valence-corrected chi connectivity index (χ1v) is 7.70. The summed E-state index contributed by atoms with van der Waals surface area (Å²) in [6.45, 7) is 8.30. The molecule has 2 N–H and O–H groups in total. The second kappa shape index (κ2) is 7.59. The van der Waals surface area contributed by atoms with E-state index in [0.29, 0.717) is 12.8 Å². The Balaban J connectivity index is 4.93. The van der Waals surface area contributed by atoms with Gasteiger partial charge in [0, 0.05) is 10.5 Å². The molecule has 0 aromatic heterocycles. The van der Waals surface area contributed by atoms with Crippen molar-refractivity contribution < 1.29 is 19.8 Å². The molecule has 0 aliphatic heterocycles. The van der Waals surface area contributed by atoms with E-state index in [0.717, 1.165) is 0 Å². The van der Waals surface area contributed by atoms with Crippen LogP contribution in [0.1, 0.15) is 53.4 Å². The van der Waals surface area contributed by atoms with E-state index in [9.17, 15) is 9.59 Å². The lowest BCUT2D eigenvalue weighted by Gasteiger charge is -2.45. The summed E-state index contributed by atoms with van der Waals surface area (Å²) in [5.41, 5.74) is -0.317. The van der Waals surface area contributed by atoms with Crippen LogP contribution < -0.4 is 0 Å². The zero-order valence-corrected chi connectivity index (χ0v) is 14.4. The van der Waals surface area contributed by atoms with Gasteiger partial charge in [0.15, 0.2) is 0 Å². The Labute approximate surface area is 132 Å². The van der Waals surface area contributed by atoms with Crippen LogP contribution in [0.2, 0.25) is 0 Å². The number of hydrogen-bond acceptors (Lipinski definition) is 4. The van der Waals surface area contributed by atoms with Crippen molar-refractivity contribution in [2.45, 2.75) is 63.9 Å². The monoisotopic (exact) mass is 322 g/mol. The van der Waals surface area contributed by atoms with Crippen LogP contribution in [0.25, 0.3) is 0 Å². The smallest absolute Gasteiger partial charge is 0.304 e. The summed E-state index contributed by atoms with van der Waals surface area (Å²) in [5.74, 6) is -1.73. The second-order valence-corrected chi connectivity index (χ2v) is 8.18. The molecule has 0 aliphatic carbocycles. The van der Waals surface area contributed by atoms with E-state index in [2.05, 4.69) is 53.0 Å². The molecule has 2 unspecified atom stereocenters. The molecule has 0 saturated heterocycles. The first-order valence-electron chi connectivity index (χ1n) is 6.67. The van der Waals surface area contributed by atoms with Crippen LogP contribution in [0.3, 0.4) is 0 Å². The lowest BCUT2D eigenvalue weighted by atomic mass is 9.62. The minimum Gasteiger partial charge on any atom is -0.481 e. The summed E-state index contributed by atoms with van der Waals surface area (Å²) in [6.07, 6.45) is 1.24. The fourth-order valence-corrected chi connectivity index (χ4v) is 3.40. The Kier molecular flexibility index (Phi) is 7.46. The van der Waals surface area contributed by atoms with Crippen LogP contribution in [0.15, 0.2) is 0 Å². The van der Waals surface area contributed by atoms with Crippen LogP contribution in [0, 0.1) is 10.8 Å². The highest BCUT2D eigenvalue weighted by atomic mass is 32.1. The van der Waals surface area contributed by atoms with Crippen LogP contribution in [-0.4, -0.2) is 32.7 Å². The lowest BCUT2D eigenvalue weighted by molar-refractivity contribution is -0.137. The van der Waals surface area contributed by atoms with E-state index in [-0.39, 0.29) is 34.2 Å². The molecule has 118 valence electrons. The van der Waals surface area contributed by atoms with Crippen molar-refractivity contribution in [3.05, 3.63) is 0 Å². The van der Waals surface area contributed by atoms with E-state index < -0.39 is 11.9 Å². The van der Waals surface area contributed by atoms with Gasteiger partial charge in [-0.15, -0.1) is 0 Å². The number of carbonyl (C=O) groups is 2. The molecule has 0 heterocycles. The summed E-state index contributed by atoms with van der Waals surface area (Å²) in [4.78, 5) is 21.5. The molecular weight excluding hydrogens is 296 g/mol. The van der Waals surface area contributed by atoms with Crippen molar-refractivity contribution in [1.29, 1.82) is 0 Å². The molecule has 0 aromatic carbocycles. The average Bonchev–Trinajstić information content (AvgIpc) is 2.10. The number of carboxylic acids is 2. The molecule has 0 saturated carbocycles. The van der Waals surface area contributed by atoms with Gasteiger partial charge in [0.2, 0.25) is 0 Å². The maximum Gasteiger partial charge on any atom is 0.304 e. The average molecular weight is 322 g/mol. The van der Waals surface area contributed by atoms with Crippen molar-refractivity contribution >= 4 is 37.2 Å². The van der Waals surface area contributed by atoms with Crippen molar-refractivity contribution in [1.82, 2.24) is 0 Å². The minimum atomic E-state index is -0.866. The normalized spacial score (nSPS) is 18.1. The topological polar surface area (TPSA) is 74.6 Å². The number of aliphatic carboxylic acids is 2. The summed E-state index contributed by atoms with van der Waals surface area (Å²) < 4.78 is 0. The molecule has 0 rings (SSSR count). The van der Waals surface area contributed by atoms with Gasteiger partial charge < -0.3 is 10.2 Å². The molecule has 0 aromatic rings. The fraction of sp³-hybridized carbons (Fsp3) is 0.857. The Hall–Kier alpha value is -0.360. The van der Waals surface area contributed by atoms with Gasteiger partial charge in [0.05, 0.1) is 12.8 Å². The molecule has 0 aliphatic rings. The number of hydrogen-bond donors (Lipinski definition) is 4. The van der Waals surface area contributed by atoms with Crippen molar-refractivity contribution in [2.24, 2.45) is 10.8 Å². The summed E-state index contributed by atoms with van der Waals surface area (Å²) in [5, 5.41) is 17.2. The fourth-order valence-electron chi connectivity index (χ4n) is 2.28. The van der Waals surface area contributed by atoms with E-state index in [1.165, 1.54) is 0 Å². The molecule has 0 amide bonds. The second-order valence-electron chi connectivity index (χ2n) is 6.72. The number of rotatable bonds is 8. The standard InChI is InChI=1S/C14H26O4S2/c1-13(2,3)14(4,7-9(19)5-11(15)16)8-10(20)6-12(17)18/h9-10,19-20H,5-8H2,1-4H3,(H,15,16)(H,17,18). The summed E-state index contributed by atoms with van der Waals surface area (Å²) in [7, 11) is 0. The van der Waals surface area contributed by atoms with E-state index in [1.807, 2.05) is 0 Å².